The molecule has 6 nitrogen and oxygen atoms in total. The van der Waals surface area contributed by atoms with Crippen LogP contribution in [0, 0.1) is 12.7 Å². The number of hydrogen-bond donors (Lipinski definition) is 0. The highest BCUT2D eigenvalue weighted by atomic mass is 32.2. The van der Waals surface area contributed by atoms with Crippen molar-refractivity contribution in [2.75, 3.05) is 0 Å². The molecule has 3 rings (SSSR count). The van der Waals surface area contributed by atoms with Crippen molar-refractivity contribution >= 4 is 11.8 Å². The number of allylic oxidation sites excluding steroid dienone is 1. The number of rotatable bonds is 8. The predicted molar refractivity (Wildman–Crippen MR) is 91.8 cm³/mol. The smallest absolute Gasteiger partial charge is 0.192 e. The molecule has 0 spiro atoms. The maximum Gasteiger partial charge on any atom is 0.192 e. The normalized spacial score (nSPS) is 10.8. The molecule has 0 fully saturated rings. The number of aromatic nitrogens is 4. The Morgan fingerprint density at radius 1 is 1.36 bits per heavy atom. The molecule has 2 aromatic heterocycles. The third kappa shape index (κ3) is 4.27. The molecule has 0 atom stereocenters. The molecule has 0 amide bonds. The van der Waals surface area contributed by atoms with Gasteiger partial charge in [0.1, 0.15) is 12.4 Å². The van der Waals surface area contributed by atoms with Gasteiger partial charge >= 0.3 is 0 Å². The first-order valence-corrected chi connectivity index (χ1v) is 8.61. The molecule has 0 N–H and O–H groups in total. The van der Waals surface area contributed by atoms with Gasteiger partial charge in [-0.1, -0.05) is 35.1 Å². The van der Waals surface area contributed by atoms with Crippen molar-refractivity contribution in [3.8, 4) is 5.75 Å². The Hall–Kier alpha value is -2.61. The molecular weight excluding hydrogens is 343 g/mol. The fraction of sp³-hybridized carbons (Fsp3) is 0.235. The third-order valence-electron chi connectivity index (χ3n) is 3.32. The second-order valence-electron chi connectivity index (χ2n) is 5.24. The van der Waals surface area contributed by atoms with E-state index in [0.717, 1.165) is 11.5 Å². The van der Waals surface area contributed by atoms with Crippen molar-refractivity contribution in [2.24, 2.45) is 0 Å². The summed E-state index contributed by atoms with van der Waals surface area (Å²) in [5, 5.41) is 12.9. The van der Waals surface area contributed by atoms with Crippen LogP contribution in [0.3, 0.4) is 0 Å². The van der Waals surface area contributed by atoms with Crippen molar-refractivity contribution in [1.29, 1.82) is 0 Å². The lowest BCUT2D eigenvalue weighted by Crippen LogP contribution is -2.08. The van der Waals surface area contributed by atoms with Crippen LogP contribution in [0.1, 0.15) is 17.3 Å². The van der Waals surface area contributed by atoms with E-state index in [2.05, 4.69) is 21.9 Å². The van der Waals surface area contributed by atoms with Gasteiger partial charge in [-0.05, 0) is 19.1 Å². The molecule has 0 bridgehead atoms. The molecule has 0 aliphatic carbocycles. The second-order valence-corrected chi connectivity index (χ2v) is 6.18. The number of nitrogens with zero attached hydrogens (tertiary/aromatic N) is 4. The van der Waals surface area contributed by atoms with Gasteiger partial charge < -0.3 is 9.26 Å². The van der Waals surface area contributed by atoms with Gasteiger partial charge in [-0.3, -0.25) is 4.57 Å². The van der Waals surface area contributed by atoms with Gasteiger partial charge in [-0.15, -0.1) is 16.8 Å². The lowest BCUT2D eigenvalue weighted by Gasteiger charge is -2.09. The molecule has 3 aromatic rings. The highest BCUT2D eigenvalue weighted by Crippen LogP contribution is 2.23. The van der Waals surface area contributed by atoms with E-state index in [1.165, 1.54) is 17.8 Å². The third-order valence-corrected chi connectivity index (χ3v) is 4.31. The summed E-state index contributed by atoms with van der Waals surface area (Å²) >= 11 is 1.48. The molecule has 1 aromatic carbocycles. The predicted octanol–water partition coefficient (Wildman–Crippen LogP) is 3.77. The van der Waals surface area contributed by atoms with Gasteiger partial charge in [0, 0.05) is 12.6 Å². The van der Waals surface area contributed by atoms with Crippen LogP contribution in [0.5, 0.6) is 5.75 Å². The van der Waals surface area contributed by atoms with Gasteiger partial charge in [-0.2, -0.15) is 0 Å². The molecule has 8 heteroatoms. The van der Waals surface area contributed by atoms with E-state index < -0.39 is 5.82 Å². The lowest BCUT2D eigenvalue weighted by atomic mass is 10.3. The van der Waals surface area contributed by atoms with E-state index in [1.54, 1.807) is 24.3 Å². The van der Waals surface area contributed by atoms with Gasteiger partial charge in [0.05, 0.1) is 11.4 Å². The van der Waals surface area contributed by atoms with Gasteiger partial charge in [0.2, 0.25) is 0 Å². The average molecular weight is 360 g/mol. The minimum atomic E-state index is -0.410. The van der Waals surface area contributed by atoms with E-state index in [4.69, 9.17) is 9.26 Å². The first-order chi connectivity index (χ1) is 12.2. The van der Waals surface area contributed by atoms with E-state index in [1.807, 2.05) is 17.6 Å². The molecule has 25 heavy (non-hydrogen) atoms. The van der Waals surface area contributed by atoms with Crippen LogP contribution in [0.15, 0.2) is 52.7 Å². The van der Waals surface area contributed by atoms with Crippen LogP contribution >= 0.6 is 11.8 Å². The maximum absolute atomic E-state index is 13.7. The summed E-state index contributed by atoms with van der Waals surface area (Å²) < 4.78 is 26.2. The average Bonchev–Trinajstić information content (AvgIpc) is 3.19. The molecular formula is C17H17FN4O2S. The van der Waals surface area contributed by atoms with Crippen LogP contribution in [0.25, 0.3) is 0 Å². The Morgan fingerprint density at radius 3 is 2.92 bits per heavy atom. The van der Waals surface area contributed by atoms with Crippen molar-refractivity contribution < 1.29 is 13.7 Å². The Bertz CT molecular complexity index is 862. The number of para-hydroxylation sites is 1. The van der Waals surface area contributed by atoms with Gasteiger partial charge in [0.25, 0.3) is 0 Å². The number of thioether (sulfide) groups is 1. The fourth-order valence-corrected chi connectivity index (χ4v) is 3.01. The van der Waals surface area contributed by atoms with Crippen LogP contribution < -0.4 is 4.74 Å². The van der Waals surface area contributed by atoms with E-state index >= 15 is 0 Å². The SMILES string of the molecule is C=CCn1c(COc2ccccc2F)nnc1SCc1cc(C)no1. The summed E-state index contributed by atoms with van der Waals surface area (Å²) in [5.74, 6) is 1.72. The van der Waals surface area contributed by atoms with E-state index in [0.29, 0.717) is 23.3 Å². The number of hydrogen-bond acceptors (Lipinski definition) is 6. The Morgan fingerprint density at radius 2 is 2.20 bits per heavy atom. The van der Waals surface area contributed by atoms with Crippen LogP contribution in [-0.2, 0) is 18.9 Å². The largest absolute Gasteiger partial charge is 0.483 e. The Balaban J connectivity index is 1.70. The zero-order valence-corrected chi connectivity index (χ0v) is 14.5. The van der Waals surface area contributed by atoms with Crippen LogP contribution in [0.4, 0.5) is 4.39 Å². The molecule has 130 valence electrons. The minimum Gasteiger partial charge on any atom is -0.483 e. The molecule has 0 unspecified atom stereocenters. The minimum absolute atomic E-state index is 0.115. The Labute approximate surface area is 148 Å². The first kappa shape index (κ1) is 17.2. The highest BCUT2D eigenvalue weighted by Gasteiger charge is 2.14. The van der Waals surface area contributed by atoms with Gasteiger partial charge in [-0.25, -0.2) is 4.39 Å². The number of halogens is 1. The number of benzene rings is 1. The maximum atomic E-state index is 13.7. The summed E-state index contributed by atoms with van der Waals surface area (Å²) in [6, 6.07) is 8.13. The first-order valence-electron chi connectivity index (χ1n) is 7.62. The summed E-state index contributed by atoms with van der Waals surface area (Å²) in [7, 11) is 0. The van der Waals surface area contributed by atoms with Crippen molar-refractivity contribution in [3.05, 3.63) is 66.1 Å². The molecule has 0 saturated carbocycles. The van der Waals surface area contributed by atoms with Crippen molar-refractivity contribution in [3.63, 3.8) is 0 Å². The van der Waals surface area contributed by atoms with Crippen molar-refractivity contribution in [1.82, 2.24) is 19.9 Å². The summed E-state index contributed by atoms with van der Waals surface area (Å²) in [4.78, 5) is 0. The molecule has 0 aliphatic heterocycles. The van der Waals surface area contributed by atoms with Crippen LogP contribution in [0.2, 0.25) is 0 Å². The molecule has 0 saturated heterocycles. The zero-order chi connectivity index (χ0) is 17.6. The quantitative estimate of drug-likeness (QED) is 0.450. The van der Waals surface area contributed by atoms with Gasteiger partial charge in [0.15, 0.2) is 22.5 Å². The summed E-state index contributed by atoms with van der Waals surface area (Å²) in [6.45, 7) is 6.27. The zero-order valence-electron chi connectivity index (χ0n) is 13.7. The summed E-state index contributed by atoms with van der Waals surface area (Å²) in [5.41, 5.74) is 0.835. The number of ether oxygens (including phenoxy) is 1. The Kier molecular flexibility index (Phi) is 5.49. The standard InChI is InChI=1S/C17H17FN4O2S/c1-3-8-22-16(10-23-15-7-5-4-6-14(15)18)19-20-17(22)25-11-13-9-12(2)21-24-13/h3-7,9H,1,8,10-11H2,2H3. The molecule has 0 radical (unpaired) electrons. The second kappa shape index (κ2) is 7.98. The monoisotopic (exact) mass is 360 g/mol. The fourth-order valence-electron chi connectivity index (χ4n) is 2.17. The lowest BCUT2D eigenvalue weighted by molar-refractivity contribution is 0.275. The molecule has 0 aliphatic rings. The van der Waals surface area contributed by atoms with Crippen molar-refractivity contribution in [2.45, 2.75) is 31.0 Å². The highest BCUT2D eigenvalue weighted by molar-refractivity contribution is 7.98. The topological polar surface area (TPSA) is 66.0 Å². The summed E-state index contributed by atoms with van der Waals surface area (Å²) in [6.07, 6.45) is 1.75. The molecule has 2 heterocycles. The number of aryl methyl sites for hydroxylation is 1. The van der Waals surface area contributed by atoms with Crippen LogP contribution in [-0.4, -0.2) is 19.9 Å². The van der Waals surface area contributed by atoms with E-state index in [-0.39, 0.29) is 12.4 Å². The van der Waals surface area contributed by atoms with E-state index in [9.17, 15) is 4.39 Å².